The molecule has 0 saturated carbocycles. The van der Waals surface area contributed by atoms with Crippen molar-refractivity contribution in [2.75, 3.05) is 24.2 Å². The second-order valence-corrected chi connectivity index (χ2v) is 7.07. The van der Waals surface area contributed by atoms with Gasteiger partial charge < -0.3 is 15.5 Å². The van der Waals surface area contributed by atoms with Crippen LogP contribution in [0, 0.1) is 17.5 Å². The summed E-state index contributed by atoms with van der Waals surface area (Å²) in [6, 6.07) is 14.4. The Bertz CT molecular complexity index is 1100. The molecule has 0 heterocycles. The molecule has 0 radical (unpaired) electrons. The summed E-state index contributed by atoms with van der Waals surface area (Å²) in [5.41, 5.74) is 0.173. The quantitative estimate of drug-likeness (QED) is 0.541. The third kappa shape index (κ3) is 4.77. The van der Waals surface area contributed by atoms with E-state index in [-0.39, 0.29) is 12.5 Å². The molecule has 2 atom stereocenters. The second-order valence-electron chi connectivity index (χ2n) is 7.07. The maximum atomic E-state index is 13.7. The number of halogens is 3. The van der Waals surface area contributed by atoms with Gasteiger partial charge in [-0.3, -0.25) is 9.59 Å². The first kappa shape index (κ1) is 21.3. The number of hydrogen-bond donors (Lipinski definition) is 3. The molecule has 30 heavy (non-hydrogen) atoms. The van der Waals surface area contributed by atoms with Crippen LogP contribution in [0.25, 0.3) is 10.8 Å². The summed E-state index contributed by atoms with van der Waals surface area (Å²) < 4.78 is 40.0. The Labute approximate surface area is 171 Å². The highest BCUT2D eigenvalue weighted by atomic mass is 19.2. The Balaban J connectivity index is 1.60. The number of carbonyl (C=O) groups is 2. The van der Waals surface area contributed by atoms with Crippen molar-refractivity contribution in [2.45, 2.75) is 13.0 Å². The van der Waals surface area contributed by atoms with Crippen LogP contribution in [0.4, 0.5) is 24.5 Å². The molecule has 5 nitrogen and oxygen atoms in total. The smallest absolute Gasteiger partial charge is 0.282 e. The van der Waals surface area contributed by atoms with E-state index in [4.69, 9.17) is 0 Å². The number of likely N-dealkylation sites (N-methyl/N-ethyl adjacent to an activating group) is 1. The molecule has 8 heteroatoms. The van der Waals surface area contributed by atoms with Gasteiger partial charge in [-0.15, -0.1) is 0 Å². The lowest BCUT2D eigenvalue weighted by atomic mass is 10.1. The summed E-state index contributed by atoms with van der Waals surface area (Å²) in [6.45, 7) is 1.47. The zero-order valence-electron chi connectivity index (χ0n) is 16.4. The highest BCUT2D eigenvalue weighted by Gasteiger charge is 2.25. The molecule has 2 amide bonds. The van der Waals surface area contributed by atoms with Gasteiger partial charge in [-0.1, -0.05) is 30.3 Å². The molecule has 3 aromatic carbocycles. The number of amides is 2. The van der Waals surface area contributed by atoms with E-state index >= 15 is 0 Å². The molecule has 0 aliphatic rings. The third-order valence-electron chi connectivity index (χ3n) is 4.90. The van der Waals surface area contributed by atoms with Gasteiger partial charge in [0.25, 0.3) is 11.8 Å². The summed E-state index contributed by atoms with van der Waals surface area (Å²) in [5, 5.41) is 7.05. The maximum Gasteiger partial charge on any atom is 0.282 e. The van der Waals surface area contributed by atoms with E-state index in [0.29, 0.717) is 10.6 Å². The number of fused-ring (bicyclic) bond motifs is 1. The van der Waals surface area contributed by atoms with Gasteiger partial charge in [0.05, 0.1) is 12.7 Å². The lowest BCUT2D eigenvalue weighted by Gasteiger charge is -2.21. The molecule has 1 unspecified atom stereocenters. The average Bonchev–Trinajstić information content (AvgIpc) is 2.73. The van der Waals surface area contributed by atoms with E-state index in [9.17, 15) is 22.8 Å². The van der Waals surface area contributed by atoms with Crippen LogP contribution in [0.2, 0.25) is 0 Å². The molecule has 3 N–H and O–H groups in total. The summed E-state index contributed by atoms with van der Waals surface area (Å²) >= 11 is 0. The third-order valence-corrected chi connectivity index (χ3v) is 4.90. The van der Waals surface area contributed by atoms with Crippen molar-refractivity contribution >= 4 is 34.0 Å². The fourth-order valence-corrected chi connectivity index (χ4v) is 2.96. The zero-order valence-corrected chi connectivity index (χ0v) is 16.4. The van der Waals surface area contributed by atoms with Gasteiger partial charge in [-0.25, -0.2) is 13.2 Å². The number of nitrogens with one attached hydrogen (secondary N) is 3. The highest BCUT2D eigenvalue weighted by Crippen LogP contribution is 2.20. The van der Waals surface area contributed by atoms with Crippen molar-refractivity contribution in [3.63, 3.8) is 0 Å². The van der Waals surface area contributed by atoms with Crippen molar-refractivity contribution in [3.05, 3.63) is 72.0 Å². The molecule has 0 fully saturated rings. The minimum atomic E-state index is -1.66. The van der Waals surface area contributed by atoms with E-state index in [1.165, 1.54) is 0 Å². The van der Waals surface area contributed by atoms with Gasteiger partial charge in [0.15, 0.2) is 30.0 Å². The van der Waals surface area contributed by atoms with Crippen molar-refractivity contribution in [1.82, 2.24) is 0 Å². The normalized spacial score (nSPS) is 13.0. The van der Waals surface area contributed by atoms with Gasteiger partial charge in [0, 0.05) is 5.69 Å². The lowest BCUT2D eigenvalue weighted by Crippen LogP contribution is -3.14. The van der Waals surface area contributed by atoms with Gasteiger partial charge in [0.1, 0.15) is 0 Å². The topological polar surface area (TPSA) is 62.6 Å². The molecule has 0 aromatic heterocycles. The van der Waals surface area contributed by atoms with E-state index in [1.807, 2.05) is 36.4 Å². The molecule has 156 valence electrons. The summed E-state index contributed by atoms with van der Waals surface area (Å²) in [6.07, 6.45) is 0. The number of rotatable bonds is 6. The second kappa shape index (κ2) is 8.96. The first-order valence-corrected chi connectivity index (χ1v) is 9.31. The van der Waals surface area contributed by atoms with Crippen LogP contribution in [0.15, 0.2) is 54.6 Å². The fourth-order valence-electron chi connectivity index (χ4n) is 2.96. The number of carbonyl (C=O) groups excluding carboxylic acids is 2. The first-order valence-electron chi connectivity index (χ1n) is 9.31. The Morgan fingerprint density at radius 1 is 0.933 bits per heavy atom. The van der Waals surface area contributed by atoms with E-state index < -0.39 is 35.1 Å². The van der Waals surface area contributed by atoms with Crippen LogP contribution in [0.5, 0.6) is 0 Å². The van der Waals surface area contributed by atoms with Crippen LogP contribution in [-0.2, 0) is 9.59 Å². The van der Waals surface area contributed by atoms with Crippen LogP contribution < -0.4 is 15.5 Å². The van der Waals surface area contributed by atoms with E-state index in [0.717, 1.165) is 22.9 Å². The highest BCUT2D eigenvalue weighted by molar-refractivity contribution is 5.97. The van der Waals surface area contributed by atoms with Crippen molar-refractivity contribution in [1.29, 1.82) is 0 Å². The lowest BCUT2D eigenvalue weighted by molar-refractivity contribution is -0.885. The van der Waals surface area contributed by atoms with E-state index in [1.54, 1.807) is 20.0 Å². The zero-order chi connectivity index (χ0) is 21.8. The van der Waals surface area contributed by atoms with Crippen LogP contribution >= 0.6 is 0 Å². The largest absolute Gasteiger partial charge is 0.321 e. The molecular formula is C22H21F3N3O2+. The Morgan fingerprint density at radius 3 is 2.37 bits per heavy atom. The molecule has 0 aliphatic heterocycles. The number of quaternary nitrogens is 1. The average molecular weight is 416 g/mol. The predicted octanol–water partition coefficient (Wildman–Crippen LogP) is 2.74. The summed E-state index contributed by atoms with van der Waals surface area (Å²) in [4.78, 5) is 25.2. The molecule has 0 saturated heterocycles. The van der Waals surface area contributed by atoms with Crippen LogP contribution in [-0.4, -0.2) is 31.4 Å². The SMILES string of the molecule is C[C@H](C(=O)Nc1ccc2ccccc2c1)[NH+](C)CC(=O)Nc1ccc(F)c(F)c1F. The Kier molecular flexibility index (Phi) is 6.37. The van der Waals surface area contributed by atoms with Gasteiger partial charge >= 0.3 is 0 Å². The van der Waals surface area contributed by atoms with E-state index in [2.05, 4.69) is 10.6 Å². The molecule has 0 spiro atoms. The number of anilines is 2. The molecule has 3 aromatic rings. The van der Waals surface area contributed by atoms with Crippen molar-refractivity contribution < 1.29 is 27.7 Å². The molecule has 0 aliphatic carbocycles. The van der Waals surface area contributed by atoms with Crippen molar-refractivity contribution in [2.24, 2.45) is 0 Å². The number of benzene rings is 3. The summed E-state index contributed by atoms with van der Waals surface area (Å²) in [5.74, 6) is -5.40. The maximum absolute atomic E-state index is 13.7. The van der Waals surface area contributed by atoms with Gasteiger partial charge in [0.2, 0.25) is 0 Å². The minimum absolute atomic E-state index is 0.176. The molecule has 3 rings (SSSR count). The monoisotopic (exact) mass is 416 g/mol. The predicted molar refractivity (Wildman–Crippen MR) is 109 cm³/mol. The Hall–Kier alpha value is -3.39. The standard InChI is InChI=1S/C22H20F3N3O2/c1-13(22(30)26-16-8-7-14-5-3-4-6-15(14)11-16)28(2)12-19(29)27-18-10-9-17(23)20(24)21(18)25/h3-11,13H,12H2,1-2H3,(H,26,30)(H,27,29)/p+1/t13-/m1/s1. The summed E-state index contributed by atoms with van der Waals surface area (Å²) in [7, 11) is 1.63. The molecular weight excluding hydrogens is 395 g/mol. The number of hydrogen-bond acceptors (Lipinski definition) is 2. The van der Waals surface area contributed by atoms with Crippen LogP contribution in [0.3, 0.4) is 0 Å². The van der Waals surface area contributed by atoms with Gasteiger partial charge in [-0.05, 0) is 42.0 Å². The fraction of sp³-hybridized carbons (Fsp3) is 0.182. The van der Waals surface area contributed by atoms with Crippen LogP contribution in [0.1, 0.15) is 6.92 Å². The van der Waals surface area contributed by atoms with Gasteiger partial charge in [-0.2, -0.15) is 0 Å². The molecule has 0 bridgehead atoms. The minimum Gasteiger partial charge on any atom is -0.321 e. The van der Waals surface area contributed by atoms with Crippen molar-refractivity contribution in [3.8, 4) is 0 Å². The Morgan fingerprint density at radius 2 is 1.63 bits per heavy atom. The first-order chi connectivity index (χ1) is 14.3.